The summed E-state index contributed by atoms with van der Waals surface area (Å²) in [6.07, 6.45) is 6.02. The van der Waals surface area contributed by atoms with Gasteiger partial charge in [-0.25, -0.2) is 0 Å². The van der Waals surface area contributed by atoms with E-state index in [1.54, 1.807) is 0 Å². The van der Waals surface area contributed by atoms with Crippen molar-refractivity contribution in [2.24, 2.45) is 0 Å². The predicted octanol–water partition coefficient (Wildman–Crippen LogP) is 1.66. The van der Waals surface area contributed by atoms with Crippen molar-refractivity contribution in [3.8, 4) is 0 Å². The number of likely N-dealkylation sites (tertiary alicyclic amines) is 2. The lowest BCUT2D eigenvalue weighted by molar-refractivity contribution is -0.0634. The number of rotatable bonds is 3. The van der Waals surface area contributed by atoms with Crippen LogP contribution in [0.3, 0.4) is 0 Å². The van der Waals surface area contributed by atoms with Crippen molar-refractivity contribution in [3.05, 3.63) is 0 Å². The monoisotopic (exact) mass is 226 g/mol. The maximum Gasteiger partial charge on any atom is 0.123 e. The lowest BCUT2D eigenvalue weighted by Gasteiger charge is -2.39. The van der Waals surface area contributed by atoms with Crippen molar-refractivity contribution in [1.82, 2.24) is 9.80 Å². The molecule has 0 radical (unpaired) electrons. The minimum Gasteiger partial charge on any atom is -0.377 e. The highest BCUT2D eigenvalue weighted by molar-refractivity contribution is 4.87. The van der Waals surface area contributed by atoms with Crippen LogP contribution in [0.2, 0.25) is 0 Å². The van der Waals surface area contributed by atoms with E-state index >= 15 is 0 Å². The Morgan fingerprint density at radius 3 is 2.31 bits per heavy atom. The lowest BCUT2D eigenvalue weighted by atomic mass is 10.1. The molecule has 2 atom stereocenters. The zero-order valence-electron chi connectivity index (χ0n) is 10.7. The van der Waals surface area contributed by atoms with Gasteiger partial charge in [0.2, 0.25) is 0 Å². The van der Waals surface area contributed by atoms with Gasteiger partial charge in [-0.15, -0.1) is 0 Å². The molecule has 1 N–H and O–H groups in total. The number of piperidine rings is 1. The van der Waals surface area contributed by atoms with E-state index in [4.69, 9.17) is 0 Å². The maximum atomic E-state index is 10.5. The van der Waals surface area contributed by atoms with Gasteiger partial charge in [-0.1, -0.05) is 6.42 Å². The average molecular weight is 226 g/mol. The molecule has 2 saturated heterocycles. The molecule has 16 heavy (non-hydrogen) atoms. The molecule has 0 saturated carbocycles. The Morgan fingerprint density at radius 2 is 1.69 bits per heavy atom. The normalized spacial score (nSPS) is 31.1. The Balaban J connectivity index is 1.94. The lowest BCUT2D eigenvalue weighted by Crippen LogP contribution is -2.52. The van der Waals surface area contributed by atoms with Gasteiger partial charge in [0.1, 0.15) is 6.23 Å². The quantitative estimate of drug-likeness (QED) is 0.793. The second-order valence-electron chi connectivity index (χ2n) is 5.55. The zero-order valence-corrected chi connectivity index (χ0v) is 10.7. The van der Waals surface area contributed by atoms with Crippen LogP contribution in [0.1, 0.15) is 46.0 Å². The summed E-state index contributed by atoms with van der Waals surface area (Å²) in [5.41, 5.74) is 0. The molecule has 0 aromatic carbocycles. The Hall–Kier alpha value is -0.120. The van der Waals surface area contributed by atoms with Gasteiger partial charge in [-0.3, -0.25) is 9.80 Å². The van der Waals surface area contributed by atoms with E-state index in [0.717, 1.165) is 26.1 Å². The van der Waals surface area contributed by atoms with Crippen LogP contribution in [-0.4, -0.2) is 52.9 Å². The van der Waals surface area contributed by atoms with Gasteiger partial charge in [0.15, 0.2) is 0 Å². The number of hydrogen-bond donors (Lipinski definition) is 1. The van der Waals surface area contributed by atoms with Gasteiger partial charge in [0.05, 0.1) is 0 Å². The van der Waals surface area contributed by atoms with E-state index in [0.29, 0.717) is 12.1 Å². The van der Waals surface area contributed by atoms with Crippen molar-refractivity contribution in [2.45, 2.75) is 64.3 Å². The van der Waals surface area contributed by atoms with E-state index in [1.165, 1.54) is 25.7 Å². The van der Waals surface area contributed by atoms with Gasteiger partial charge in [0, 0.05) is 25.2 Å². The molecule has 0 spiro atoms. The van der Waals surface area contributed by atoms with Crippen molar-refractivity contribution in [3.63, 3.8) is 0 Å². The first kappa shape index (κ1) is 12.3. The van der Waals surface area contributed by atoms with Crippen molar-refractivity contribution in [1.29, 1.82) is 0 Å². The first-order valence-electron chi connectivity index (χ1n) is 6.88. The first-order chi connectivity index (χ1) is 7.70. The number of aliphatic hydroxyl groups excluding tert-OH is 1. The van der Waals surface area contributed by atoms with Gasteiger partial charge in [0.25, 0.3) is 0 Å². The van der Waals surface area contributed by atoms with Crippen molar-refractivity contribution in [2.75, 3.05) is 19.6 Å². The predicted molar refractivity (Wildman–Crippen MR) is 66.3 cm³/mol. The molecule has 3 heteroatoms. The summed E-state index contributed by atoms with van der Waals surface area (Å²) in [5, 5.41) is 10.5. The third-order valence-corrected chi connectivity index (χ3v) is 4.11. The fraction of sp³-hybridized carbons (Fsp3) is 1.00. The summed E-state index contributed by atoms with van der Waals surface area (Å²) in [7, 11) is 0. The molecule has 0 aromatic rings. The molecule has 2 heterocycles. The highest BCUT2D eigenvalue weighted by atomic mass is 16.3. The van der Waals surface area contributed by atoms with Gasteiger partial charge in [-0.05, 0) is 46.1 Å². The topological polar surface area (TPSA) is 26.7 Å². The van der Waals surface area contributed by atoms with E-state index in [2.05, 4.69) is 23.6 Å². The van der Waals surface area contributed by atoms with E-state index in [9.17, 15) is 5.11 Å². The van der Waals surface area contributed by atoms with Crippen molar-refractivity contribution < 1.29 is 5.11 Å². The van der Waals surface area contributed by atoms with Crippen LogP contribution in [0.4, 0.5) is 0 Å². The first-order valence-corrected chi connectivity index (χ1v) is 6.88. The molecule has 0 amide bonds. The number of nitrogens with zero attached hydrogens (tertiary/aromatic N) is 2. The molecule has 2 rings (SSSR count). The Kier molecular flexibility index (Phi) is 4.22. The van der Waals surface area contributed by atoms with E-state index in [-0.39, 0.29) is 6.23 Å². The molecule has 2 unspecified atom stereocenters. The summed E-state index contributed by atoms with van der Waals surface area (Å²) < 4.78 is 0. The average Bonchev–Trinajstić information content (AvgIpc) is 2.78. The molecule has 0 bridgehead atoms. The standard InChI is InChI=1S/C13H26N2O/c1-11(2)15-10-6-7-12(15)13(16)14-8-4-3-5-9-14/h11-13,16H,3-10H2,1-2H3. The van der Waals surface area contributed by atoms with Crippen LogP contribution in [0.5, 0.6) is 0 Å². The number of hydrogen-bond acceptors (Lipinski definition) is 3. The van der Waals surface area contributed by atoms with Crippen LogP contribution >= 0.6 is 0 Å². The van der Waals surface area contributed by atoms with Crippen LogP contribution < -0.4 is 0 Å². The Morgan fingerprint density at radius 1 is 1.00 bits per heavy atom. The summed E-state index contributed by atoms with van der Waals surface area (Å²) in [6.45, 7) is 7.81. The summed E-state index contributed by atoms with van der Waals surface area (Å²) in [6, 6.07) is 0.935. The largest absolute Gasteiger partial charge is 0.377 e. The van der Waals surface area contributed by atoms with Gasteiger partial charge >= 0.3 is 0 Å². The highest BCUT2D eigenvalue weighted by Gasteiger charge is 2.35. The van der Waals surface area contributed by atoms with E-state index in [1.807, 2.05) is 0 Å². The molecule has 0 aromatic heterocycles. The Labute approximate surface area is 99.4 Å². The smallest absolute Gasteiger partial charge is 0.123 e. The number of aliphatic hydroxyl groups is 1. The fourth-order valence-electron chi connectivity index (χ4n) is 3.20. The molecule has 3 nitrogen and oxygen atoms in total. The second kappa shape index (κ2) is 5.48. The molecular weight excluding hydrogens is 200 g/mol. The second-order valence-corrected chi connectivity index (χ2v) is 5.55. The minimum absolute atomic E-state index is 0.231. The van der Waals surface area contributed by atoms with Crippen LogP contribution in [0.15, 0.2) is 0 Å². The van der Waals surface area contributed by atoms with Crippen LogP contribution in [0, 0.1) is 0 Å². The van der Waals surface area contributed by atoms with Crippen molar-refractivity contribution >= 4 is 0 Å². The molecule has 2 aliphatic heterocycles. The molecule has 0 aliphatic carbocycles. The summed E-state index contributed by atoms with van der Waals surface area (Å²) >= 11 is 0. The highest BCUT2D eigenvalue weighted by Crippen LogP contribution is 2.25. The third kappa shape index (κ3) is 2.58. The van der Waals surface area contributed by atoms with Crippen LogP contribution in [0.25, 0.3) is 0 Å². The van der Waals surface area contributed by atoms with E-state index < -0.39 is 0 Å². The maximum absolute atomic E-state index is 10.5. The molecule has 2 fully saturated rings. The zero-order chi connectivity index (χ0) is 11.5. The molecular formula is C13H26N2O. The summed E-state index contributed by atoms with van der Waals surface area (Å²) in [5.74, 6) is 0. The van der Waals surface area contributed by atoms with Crippen LogP contribution in [-0.2, 0) is 0 Å². The SMILES string of the molecule is CC(C)N1CCCC1C(O)N1CCCCC1. The van der Waals surface area contributed by atoms with Gasteiger partial charge in [-0.2, -0.15) is 0 Å². The summed E-state index contributed by atoms with van der Waals surface area (Å²) in [4.78, 5) is 4.76. The molecule has 94 valence electrons. The fourth-order valence-corrected chi connectivity index (χ4v) is 3.20. The third-order valence-electron chi connectivity index (χ3n) is 4.11. The minimum atomic E-state index is -0.231. The van der Waals surface area contributed by atoms with Gasteiger partial charge < -0.3 is 5.11 Å². The molecule has 2 aliphatic rings. The Bertz CT molecular complexity index is 214.